The molecule has 2 aliphatic carbocycles. The van der Waals surface area contributed by atoms with Crippen LogP contribution >= 0.6 is 0 Å². The smallest absolute Gasteiger partial charge is 0.404 e. The summed E-state index contributed by atoms with van der Waals surface area (Å²) < 4.78 is 6.50. The molecule has 0 radical (unpaired) electrons. The summed E-state index contributed by atoms with van der Waals surface area (Å²) >= 11 is 0. The van der Waals surface area contributed by atoms with Crippen molar-refractivity contribution < 1.29 is 14.6 Å². The van der Waals surface area contributed by atoms with Gasteiger partial charge in [-0.15, -0.1) is 0 Å². The van der Waals surface area contributed by atoms with Crippen LogP contribution in [0.4, 0.5) is 16.2 Å². The van der Waals surface area contributed by atoms with E-state index in [2.05, 4.69) is 27.7 Å². The van der Waals surface area contributed by atoms with Gasteiger partial charge in [0.2, 0.25) is 0 Å². The van der Waals surface area contributed by atoms with Gasteiger partial charge >= 0.3 is 6.09 Å². The van der Waals surface area contributed by atoms with Crippen LogP contribution in [0.3, 0.4) is 0 Å². The van der Waals surface area contributed by atoms with E-state index in [0.29, 0.717) is 23.8 Å². The van der Waals surface area contributed by atoms with E-state index in [0.717, 1.165) is 63.2 Å². The number of hydrogen-bond donors (Lipinski definition) is 3. The molecule has 3 aliphatic rings. The van der Waals surface area contributed by atoms with Gasteiger partial charge in [-0.3, -0.25) is 9.59 Å². The molecule has 1 amide bonds. The maximum Gasteiger partial charge on any atom is 0.404 e. The van der Waals surface area contributed by atoms with E-state index in [1.807, 2.05) is 18.2 Å². The third-order valence-corrected chi connectivity index (χ3v) is 8.93. The average Bonchev–Trinajstić information content (AvgIpc) is 3.79. The Morgan fingerprint density at radius 1 is 0.974 bits per heavy atom. The molecule has 3 atom stereocenters. The Morgan fingerprint density at radius 3 is 2.46 bits per heavy atom. The number of nitrogens with one attached hydrogen (secondary N) is 2. The third kappa shape index (κ3) is 7.21. The fourth-order valence-corrected chi connectivity index (χ4v) is 6.62. The largest absolute Gasteiger partial charge is 0.465 e. The zero-order chi connectivity index (χ0) is 27.2. The summed E-state index contributed by atoms with van der Waals surface area (Å²) in [6.45, 7) is 2.33. The number of carbonyl (C=O) groups is 1. The molecule has 0 aromatic heterocycles. The van der Waals surface area contributed by atoms with Crippen molar-refractivity contribution in [1.29, 1.82) is 0 Å². The van der Waals surface area contributed by atoms with E-state index in [9.17, 15) is 19.5 Å². The number of benzene rings is 1. The molecule has 1 saturated heterocycles. The van der Waals surface area contributed by atoms with E-state index in [-0.39, 0.29) is 24.6 Å². The van der Waals surface area contributed by atoms with Gasteiger partial charge in [0.15, 0.2) is 0 Å². The van der Waals surface area contributed by atoms with Crippen molar-refractivity contribution in [3.05, 3.63) is 56.3 Å². The number of anilines is 2. The van der Waals surface area contributed by atoms with E-state index in [1.165, 1.54) is 32.1 Å². The second-order valence-electron chi connectivity index (χ2n) is 11.9. The van der Waals surface area contributed by atoms with Crippen LogP contribution in [-0.2, 0) is 4.74 Å². The lowest BCUT2D eigenvalue weighted by Gasteiger charge is -2.39. The number of amides is 1. The second-order valence-corrected chi connectivity index (χ2v) is 11.9. The fourth-order valence-electron chi connectivity index (χ4n) is 6.62. The minimum absolute atomic E-state index is 0.0468. The van der Waals surface area contributed by atoms with Crippen molar-refractivity contribution in [2.45, 2.75) is 82.8 Å². The normalized spacial score (nSPS) is 21.9. The molecule has 5 rings (SSSR count). The molecule has 2 saturated carbocycles. The van der Waals surface area contributed by atoms with Gasteiger partial charge in [-0.05, 0) is 43.1 Å². The van der Waals surface area contributed by atoms with Crippen molar-refractivity contribution in [3.63, 3.8) is 0 Å². The Bertz CT molecular complexity index is 1150. The van der Waals surface area contributed by atoms with E-state index >= 15 is 0 Å². The number of rotatable bonds is 13. The summed E-state index contributed by atoms with van der Waals surface area (Å²) in [4.78, 5) is 39.0. The van der Waals surface area contributed by atoms with Crippen LogP contribution in [0.1, 0.15) is 82.3 Å². The van der Waals surface area contributed by atoms with E-state index in [4.69, 9.17) is 4.74 Å². The maximum atomic E-state index is 12.9. The molecule has 2 aromatic carbocycles. The highest BCUT2D eigenvalue weighted by molar-refractivity contribution is 5.76. The molecule has 1 heterocycles. The number of ether oxygens (including phenoxy) is 1. The first-order valence-electron chi connectivity index (χ1n) is 15.0. The van der Waals surface area contributed by atoms with E-state index in [1.54, 1.807) is 0 Å². The molecule has 3 fully saturated rings. The van der Waals surface area contributed by atoms with Crippen LogP contribution in [0, 0.1) is 17.8 Å². The summed E-state index contributed by atoms with van der Waals surface area (Å²) in [6, 6.07) is 10.1. The highest BCUT2D eigenvalue weighted by Crippen LogP contribution is 2.38. The van der Waals surface area contributed by atoms with Gasteiger partial charge in [0, 0.05) is 38.2 Å². The van der Waals surface area contributed by atoms with Crippen LogP contribution < -0.4 is 26.4 Å². The SMILES string of the molecule is O=C(O)NC[C@@H](CC1CCCCC1)Nc1c(N2CCCC(C(OCCC3CC3)c3ccccc3)C2)c(=O)c1=O. The topological polar surface area (TPSA) is 108 Å². The lowest BCUT2D eigenvalue weighted by atomic mass is 9.84. The van der Waals surface area contributed by atoms with Crippen LogP contribution in [0.25, 0.3) is 0 Å². The van der Waals surface area contributed by atoms with Gasteiger partial charge in [0.1, 0.15) is 11.4 Å². The summed E-state index contributed by atoms with van der Waals surface area (Å²) in [7, 11) is 0. The second kappa shape index (κ2) is 13.0. The first kappa shape index (κ1) is 27.7. The highest BCUT2D eigenvalue weighted by atomic mass is 16.5. The van der Waals surface area contributed by atoms with Crippen molar-refractivity contribution >= 4 is 17.5 Å². The van der Waals surface area contributed by atoms with Crippen LogP contribution in [0.2, 0.25) is 0 Å². The number of nitrogens with zero attached hydrogens (tertiary/aromatic N) is 1. The van der Waals surface area contributed by atoms with Gasteiger partial charge in [0.25, 0.3) is 10.9 Å². The lowest BCUT2D eigenvalue weighted by Crippen LogP contribution is -2.49. The molecule has 8 nitrogen and oxygen atoms in total. The average molecular weight is 538 g/mol. The molecule has 3 N–H and O–H groups in total. The van der Waals surface area contributed by atoms with Crippen LogP contribution in [-0.4, -0.2) is 43.5 Å². The number of piperidine rings is 1. The quantitative estimate of drug-likeness (QED) is 0.306. The maximum absolute atomic E-state index is 12.9. The molecule has 0 bridgehead atoms. The van der Waals surface area contributed by atoms with Crippen molar-refractivity contribution in [2.24, 2.45) is 17.8 Å². The molecule has 212 valence electrons. The Hall–Kier alpha value is -2.87. The Kier molecular flexibility index (Phi) is 9.22. The lowest BCUT2D eigenvalue weighted by molar-refractivity contribution is 0.00303. The Balaban J connectivity index is 1.30. The predicted octanol–water partition coefficient (Wildman–Crippen LogP) is 5.08. The highest BCUT2D eigenvalue weighted by Gasteiger charge is 2.35. The fraction of sp³-hybridized carbons (Fsp3) is 0.645. The Labute approximate surface area is 230 Å². The molecule has 2 unspecified atom stereocenters. The van der Waals surface area contributed by atoms with Gasteiger partial charge in [-0.1, -0.05) is 75.3 Å². The van der Waals surface area contributed by atoms with Crippen LogP contribution in [0.5, 0.6) is 0 Å². The zero-order valence-corrected chi connectivity index (χ0v) is 22.9. The molecular formula is C31H43N3O5. The minimum Gasteiger partial charge on any atom is -0.465 e. The molecule has 39 heavy (non-hydrogen) atoms. The van der Waals surface area contributed by atoms with Gasteiger partial charge in [-0.2, -0.15) is 0 Å². The minimum atomic E-state index is -1.08. The van der Waals surface area contributed by atoms with Crippen molar-refractivity contribution in [3.8, 4) is 0 Å². The summed E-state index contributed by atoms with van der Waals surface area (Å²) in [5, 5.41) is 15.0. The molecular weight excluding hydrogens is 494 g/mol. The van der Waals surface area contributed by atoms with Gasteiger partial charge in [-0.25, -0.2) is 4.79 Å². The van der Waals surface area contributed by atoms with Crippen molar-refractivity contribution in [2.75, 3.05) is 36.5 Å². The van der Waals surface area contributed by atoms with Gasteiger partial charge < -0.3 is 25.4 Å². The first-order chi connectivity index (χ1) is 19.0. The summed E-state index contributed by atoms with van der Waals surface area (Å²) in [5.41, 5.74) is 1.07. The molecule has 8 heteroatoms. The standard InChI is InChI=1S/C31H43N3O5/c35-28-26(33-25(19-32-31(37)38)18-22-8-3-1-4-9-22)27(29(28)36)34-16-7-12-24(20-34)30(23-10-5-2-6-11-23)39-17-15-21-13-14-21/h2,5-6,10-11,21-22,24-25,30,32-33H,1,3-4,7-9,12-20H2,(H,37,38)/t24?,25-,30?/m1/s1. The number of carboxylic acid groups (broad SMARTS) is 1. The van der Waals surface area contributed by atoms with E-state index < -0.39 is 17.0 Å². The first-order valence-corrected chi connectivity index (χ1v) is 15.0. The summed E-state index contributed by atoms with van der Waals surface area (Å²) in [5.74, 6) is 1.52. The monoisotopic (exact) mass is 537 g/mol. The Morgan fingerprint density at radius 2 is 1.74 bits per heavy atom. The zero-order valence-electron chi connectivity index (χ0n) is 22.9. The summed E-state index contributed by atoms with van der Waals surface area (Å²) in [6.07, 6.45) is 11.2. The molecule has 0 spiro atoms. The molecule has 2 aromatic rings. The molecule has 1 aliphatic heterocycles. The number of hydrogen-bond acceptors (Lipinski definition) is 6. The predicted molar refractivity (Wildman–Crippen MR) is 153 cm³/mol. The van der Waals surface area contributed by atoms with Crippen LogP contribution in [0.15, 0.2) is 39.9 Å². The van der Waals surface area contributed by atoms with Gasteiger partial charge in [0.05, 0.1) is 6.10 Å². The van der Waals surface area contributed by atoms with Crippen molar-refractivity contribution in [1.82, 2.24) is 5.32 Å². The third-order valence-electron chi connectivity index (χ3n) is 8.93.